The van der Waals surface area contributed by atoms with Crippen LogP contribution in [0.3, 0.4) is 0 Å². The van der Waals surface area contributed by atoms with Crippen molar-refractivity contribution in [3.05, 3.63) is 48.0 Å². The summed E-state index contributed by atoms with van der Waals surface area (Å²) >= 11 is 0. The van der Waals surface area contributed by atoms with E-state index in [1.807, 2.05) is 18.2 Å². The van der Waals surface area contributed by atoms with Crippen LogP contribution >= 0.6 is 0 Å². The Morgan fingerprint density at radius 3 is 2.72 bits per heavy atom. The van der Waals surface area contributed by atoms with Gasteiger partial charge in [-0.3, -0.25) is 14.5 Å². The number of nitrogens with one attached hydrogen (secondary N) is 1. The zero-order valence-corrected chi connectivity index (χ0v) is 13.8. The van der Waals surface area contributed by atoms with Crippen molar-refractivity contribution in [1.29, 1.82) is 0 Å². The van der Waals surface area contributed by atoms with Gasteiger partial charge in [0.15, 0.2) is 11.5 Å². The van der Waals surface area contributed by atoms with Crippen molar-refractivity contribution in [3.63, 3.8) is 0 Å². The molecule has 0 spiro atoms. The molecule has 6 heteroatoms. The highest BCUT2D eigenvalue weighted by Crippen LogP contribution is 2.35. The van der Waals surface area contributed by atoms with Crippen LogP contribution in [0.1, 0.15) is 23.7 Å². The summed E-state index contributed by atoms with van der Waals surface area (Å²) in [6.45, 7) is 2.86. The third-order valence-electron chi connectivity index (χ3n) is 4.40. The van der Waals surface area contributed by atoms with Gasteiger partial charge in [0.25, 0.3) is 5.91 Å². The molecule has 0 radical (unpaired) electrons. The first-order chi connectivity index (χ1) is 12.1. The molecular formula is C19H18N2O4. The number of carbonyl (C=O) groups is 2. The Morgan fingerprint density at radius 1 is 1.12 bits per heavy atom. The molecule has 0 aliphatic carbocycles. The number of ether oxygens (including phenoxy) is 2. The fourth-order valence-corrected chi connectivity index (χ4v) is 3.07. The molecule has 0 bridgehead atoms. The molecule has 2 aliphatic heterocycles. The maximum Gasteiger partial charge on any atom is 0.259 e. The second kappa shape index (κ2) is 6.12. The minimum absolute atomic E-state index is 0.207. The van der Waals surface area contributed by atoms with E-state index in [1.165, 1.54) is 4.90 Å². The predicted octanol–water partition coefficient (Wildman–Crippen LogP) is 2.84. The molecule has 1 atom stereocenters. The SMILES string of the molecule is CC1C(=O)Nc2ccccc2N1C(=O)c1ccc2c(c1)OCCCO2. The standard InChI is InChI=1S/C19H18N2O4/c1-12-18(22)20-14-5-2-3-6-15(14)21(12)19(23)13-7-8-16-17(11-13)25-10-4-9-24-16/h2-3,5-8,11-12H,4,9-10H2,1H3,(H,20,22). The van der Waals surface area contributed by atoms with Crippen LogP contribution in [0.15, 0.2) is 42.5 Å². The van der Waals surface area contributed by atoms with Crippen molar-refractivity contribution in [3.8, 4) is 11.5 Å². The van der Waals surface area contributed by atoms with E-state index in [4.69, 9.17) is 9.47 Å². The lowest BCUT2D eigenvalue weighted by Gasteiger charge is -2.34. The van der Waals surface area contributed by atoms with Crippen molar-refractivity contribution in [2.45, 2.75) is 19.4 Å². The molecule has 25 heavy (non-hydrogen) atoms. The van der Waals surface area contributed by atoms with Crippen LogP contribution in [-0.2, 0) is 4.79 Å². The van der Waals surface area contributed by atoms with E-state index in [9.17, 15) is 9.59 Å². The van der Waals surface area contributed by atoms with Crippen LogP contribution in [0.25, 0.3) is 0 Å². The summed E-state index contributed by atoms with van der Waals surface area (Å²) in [5, 5.41) is 2.83. The van der Waals surface area contributed by atoms with Gasteiger partial charge in [0.1, 0.15) is 6.04 Å². The average Bonchev–Trinajstić information content (AvgIpc) is 2.87. The number of anilines is 2. The van der Waals surface area contributed by atoms with Gasteiger partial charge in [-0.05, 0) is 37.3 Å². The predicted molar refractivity (Wildman–Crippen MR) is 93.4 cm³/mol. The third kappa shape index (κ3) is 2.69. The van der Waals surface area contributed by atoms with E-state index in [0.717, 1.165) is 6.42 Å². The van der Waals surface area contributed by atoms with E-state index in [2.05, 4.69) is 5.32 Å². The van der Waals surface area contributed by atoms with Gasteiger partial charge in [0.2, 0.25) is 5.91 Å². The fraction of sp³-hybridized carbons (Fsp3) is 0.263. The molecule has 2 heterocycles. The quantitative estimate of drug-likeness (QED) is 0.868. The van der Waals surface area contributed by atoms with Crippen molar-refractivity contribution in [1.82, 2.24) is 0 Å². The van der Waals surface area contributed by atoms with Crippen molar-refractivity contribution in [2.24, 2.45) is 0 Å². The number of fused-ring (bicyclic) bond motifs is 2. The summed E-state index contributed by atoms with van der Waals surface area (Å²) in [5.41, 5.74) is 1.78. The summed E-state index contributed by atoms with van der Waals surface area (Å²) in [5.74, 6) is 0.747. The number of para-hydroxylation sites is 2. The summed E-state index contributed by atoms with van der Waals surface area (Å²) in [7, 11) is 0. The van der Waals surface area contributed by atoms with Crippen LogP contribution < -0.4 is 19.7 Å². The Balaban J connectivity index is 1.73. The first-order valence-corrected chi connectivity index (χ1v) is 8.28. The van der Waals surface area contributed by atoms with Crippen molar-refractivity contribution < 1.29 is 19.1 Å². The molecular weight excluding hydrogens is 320 g/mol. The smallest absolute Gasteiger partial charge is 0.259 e. The second-order valence-corrected chi connectivity index (χ2v) is 6.07. The van der Waals surface area contributed by atoms with E-state index >= 15 is 0 Å². The Kier molecular flexibility index (Phi) is 3.80. The summed E-state index contributed by atoms with van der Waals surface area (Å²) in [6, 6.07) is 11.8. The van der Waals surface area contributed by atoms with Gasteiger partial charge in [-0.2, -0.15) is 0 Å². The molecule has 2 aliphatic rings. The topological polar surface area (TPSA) is 67.9 Å². The lowest BCUT2D eigenvalue weighted by molar-refractivity contribution is -0.117. The zero-order chi connectivity index (χ0) is 17.4. The second-order valence-electron chi connectivity index (χ2n) is 6.07. The molecule has 4 rings (SSSR count). The number of hydrogen-bond donors (Lipinski definition) is 1. The number of benzene rings is 2. The molecule has 128 valence electrons. The molecule has 0 fully saturated rings. The van der Waals surface area contributed by atoms with Gasteiger partial charge in [-0.25, -0.2) is 0 Å². The Morgan fingerprint density at radius 2 is 1.88 bits per heavy atom. The normalized spacial score (nSPS) is 18.8. The average molecular weight is 338 g/mol. The lowest BCUT2D eigenvalue weighted by atomic mass is 10.1. The number of carbonyl (C=O) groups excluding carboxylic acids is 2. The zero-order valence-electron chi connectivity index (χ0n) is 13.8. The number of nitrogens with zero attached hydrogens (tertiary/aromatic N) is 1. The molecule has 0 aromatic heterocycles. The van der Waals surface area contributed by atoms with Crippen LogP contribution in [0.2, 0.25) is 0 Å². The molecule has 2 aromatic rings. The number of hydrogen-bond acceptors (Lipinski definition) is 4. The van der Waals surface area contributed by atoms with E-state index in [1.54, 1.807) is 31.2 Å². The highest BCUT2D eigenvalue weighted by atomic mass is 16.5. The van der Waals surface area contributed by atoms with Gasteiger partial charge >= 0.3 is 0 Å². The Bertz CT molecular complexity index is 849. The van der Waals surface area contributed by atoms with Crippen molar-refractivity contribution >= 4 is 23.2 Å². The monoisotopic (exact) mass is 338 g/mol. The van der Waals surface area contributed by atoms with E-state index in [0.29, 0.717) is 41.7 Å². The molecule has 2 aromatic carbocycles. The minimum Gasteiger partial charge on any atom is -0.490 e. The summed E-state index contributed by atoms with van der Waals surface area (Å²) < 4.78 is 11.3. The van der Waals surface area contributed by atoms with Crippen LogP contribution in [0, 0.1) is 0 Å². The summed E-state index contributed by atoms with van der Waals surface area (Å²) in [6.07, 6.45) is 0.800. The maximum absolute atomic E-state index is 13.1. The van der Waals surface area contributed by atoms with Gasteiger partial charge in [0, 0.05) is 12.0 Å². The minimum atomic E-state index is -0.599. The Labute approximate surface area is 145 Å². The Hall–Kier alpha value is -3.02. The molecule has 0 saturated heterocycles. The van der Waals surface area contributed by atoms with Crippen LogP contribution in [0.5, 0.6) is 11.5 Å². The lowest BCUT2D eigenvalue weighted by Crippen LogP contribution is -2.49. The highest BCUT2D eigenvalue weighted by Gasteiger charge is 2.34. The van der Waals surface area contributed by atoms with Gasteiger partial charge < -0.3 is 14.8 Å². The first-order valence-electron chi connectivity index (χ1n) is 8.28. The maximum atomic E-state index is 13.1. The van der Waals surface area contributed by atoms with Crippen LogP contribution in [0.4, 0.5) is 11.4 Å². The molecule has 1 unspecified atom stereocenters. The molecule has 2 amide bonds. The number of amides is 2. The van der Waals surface area contributed by atoms with Gasteiger partial charge in [-0.1, -0.05) is 12.1 Å². The molecule has 6 nitrogen and oxygen atoms in total. The van der Waals surface area contributed by atoms with Gasteiger partial charge in [0.05, 0.1) is 24.6 Å². The first kappa shape index (κ1) is 15.5. The highest BCUT2D eigenvalue weighted by molar-refractivity contribution is 6.16. The van der Waals surface area contributed by atoms with Crippen molar-refractivity contribution in [2.75, 3.05) is 23.4 Å². The summed E-state index contributed by atoms with van der Waals surface area (Å²) in [4.78, 5) is 26.9. The van der Waals surface area contributed by atoms with Gasteiger partial charge in [-0.15, -0.1) is 0 Å². The largest absolute Gasteiger partial charge is 0.490 e. The van der Waals surface area contributed by atoms with Crippen LogP contribution in [-0.4, -0.2) is 31.1 Å². The number of rotatable bonds is 1. The molecule has 1 N–H and O–H groups in total. The fourth-order valence-electron chi connectivity index (χ4n) is 3.07. The molecule has 0 saturated carbocycles. The van der Waals surface area contributed by atoms with E-state index < -0.39 is 6.04 Å². The van der Waals surface area contributed by atoms with E-state index in [-0.39, 0.29) is 11.8 Å². The third-order valence-corrected chi connectivity index (χ3v) is 4.40.